The SMILES string of the molecule is CC(c1ccc(O)cc1)N1CCC(N)(C(=O)O)C1. The van der Waals surface area contributed by atoms with Crippen LogP contribution in [-0.4, -0.2) is 39.7 Å². The highest BCUT2D eigenvalue weighted by Gasteiger charge is 2.42. The number of nitrogens with zero attached hydrogens (tertiary/aromatic N) is 1. The number of aliphatic carboxylic acids is 1. The lowest BCUT2D eigenvalue weighted by atomic mass is 10.0. The van der Waals surface area contributed by atoms with Crippen molar-refractivity contribution in [1.82, 2.24) is 4.90 Å². The van der Waals surface area contributed by atoms with Crippen molar-refractivity contribution in [2.75, 3.05) is 13.1 Å². The van der Waals surface area contributed by atoms with Gasteiger partial charge in [0.15, 0.2) is 0 Å². The normalized spacial score (nSPS) is 26.1. The number of nitrogens with two attached hydrogens (primary N) is 1. The summed E-state index contributed by atoms with van der Waals surface area (Å²) in [5, 5.41) is 18.3. The summed E-state index contributed by atoms with van der Waals surface area (Å²) in [5.41, 5.74) is 5.76. The van der Waals surface area contributed by atoms with Gasteiger partial charge in [-0.1, -0.05) is 12.1 Å². The topological polar surface area (TPSA) is 86.8 Å². The summed E-state index contributed by atoms with van der Waals surface area (Å²) in [5.74, 6) is -0.714. The van der Waals surface area contributed by atoms with E-state index >= 15 is 0 Å². The number of carboxylic acids is 1. The first-order valence-corrected chi connectivity index (χ1v) is 5.98. The molecule has 1 heterocycles. The third-order valence-electron chi connectivity index (χ3n) is 3.68. The second-order valence-electron chi connectivity index (χ2n) is 4.95. The van der Waals surface area contributed by atoms with Crippen LogP contribution in [0.5, 0.6) is 5.75 Å². The van der Waals surface area contributed by atoms with Crippen molar-refractivity contribution in [3.8, 4) is 5.75 Å². The average molecular weight is 250 g/mol. The summed E-state index contributed by atoms with van der Waals surface area (Å²) in [6.07, 6.45) is 0.463. The van der Waals surface area contributed by atoms with E-state index in [9.17, 15) is 9.90 Å². The molecule has 1 aliphatic heterocycles. The summed E-state index contributed by atoms with van der Waals surface area (Å²) >= 11 is 0. The molecule has 4 N–H and O–H groups in total. The van der Waals surface area contributed by atoms with Gasteiger partial charge in [-0.2, -0.15) is 0 Å². The van der Waals surface area contributed by atoms with Crippen molar-refractivity contribution in [3.05, 3.63) is 29.8 Å². The van der Waals surface area contributed by atoms with Crippen molar-refractivity contribution in [1.29, 1.82) is 0 Å². The number of hydrogen-bond acceptors (Lipinski definition) is 4. The Kier molecular flexibility index (Phi) is 3.28. The molecule has 1 aliphatic rings. The Morgan fingerprint density at radius 1 is 1.44 bits per heavy atom. The highest BCUT2D eigenvalue weighted by atomic mass is 16.4. The number of likely N-dealkylation sites (tertiary alicyclic amines) is 1. The minimum Gasteiger partial charge on any atom is -0.508 e. The zero-order chi connectivity index (χ0) is 13.3. The molecule has 98 valence electrons. The molecule has 1 saturated heterocycles. The Hall–Kier alpha value is -1.59. The molecule has 2 rings (SSSR count). The summed E-state index contributed by atoms with van der Waals surface area (Å²) < 4.78 is 0. The second kappa shape index (κ2) is 4.59. The second-order valence-corrected chi connectivity index (χ2v) is 4.95. The van der Waals surface area contributed by atoms with E-state index in [4.69, 9.17) is 10.8 Å². The van der Waals surface area contributed by atoms with Crippen LogP contribution in [0.2, 0.25) is 0 Å². The fourth-order valence-electron chi connectivity index (χ4n) is 2.33. The predicted octanol–water partition coefficient (Wildman–Crippen LogP) is 0.941. The number of phenols is 1. The van der Waals surface area contributed by atoms with Gasteiger partial charge in [0.1, 0.15) is 11.3 Å². The van der Waals surface area contributed by atoms with E-state index in [1.165, 1.54) is 0 Å². The van der Waals surface area contributed by atoms with E-state index < -0.39 is 11.5 Å². The summed E-state index contributed by atoms with van der Waals surface area (Å²) in [7, 11) is 0. The molecule has 5 heteroatoms. The largest absolute Gasteiger partial charge is 0.508 e. The molecular formula is C13H18N2O3. The van der Waals surface area contributed by atoms with Gasteiger partial charge in [-0.25, -0.2) is 0 Å². The standard InChI is InChI=1S/C13H18N2O3/c1-9(10-2-4-11(16)5-3-10)15-7-6-13(14,8-15)12(17)18/h2-5,9,16H,6-8,14H2,1H3,(H,17,18). The maximum absolute atomic E-state index is 11.1. The van der Waals surface area contributed by atoms with Crippen LogP contribution in [0.1, 0.15) is 24.9 Å². The number of rotatable bonds is 3. The van der Waals surface area contributed by atoms with E-state index in [2.05, 4.69) is 4.90 Å². The molecule has 0 amide bonds. The average Bonchev–Trinajstić information content (AvgIpc) is 2.73. The molecule has 5 nitrogen and oxygen atoms in total. The molecule has 0 spiro atoms. The first-order chi connectivity index (χ1) is 8.42. The molecular weight excluding hydrogens is 232 g/mol. The number of aromatic hydroxyl groups is 1. The van der Waals surface area contributed by atoms with Gasteiger partial charge in [-0.15, -0.1) is 0 Å². The molecule has 1 aromatic rings. The van der Waals surface area contributed by atoms with Gasteiger partial charge in [-0.3, -0.25) is 9.69 Å². The number of phenolic OH excluding ortho intramolecular Hbond substituents is 1. The fourth-order valence-corrected chi connectivity index (χ4v) is 2.33. The molecule has 18 heavy (non-hydrogen) atoms. The lowest BCUT2D eigenvalue weighted by molar-refractivity contribution is -0.142. The fraction of sp³-hybridized carbons (Fsp3) is 0.462. The molecule has 0 radical (unpaired) electrons. The Balaban J connectivity index is 2.10. The Morgan fingerprint density at radius 3 is 2.56 bits per heavy atom. The van der Waals surface area contributed by atoms with Gasteiger partial charge in [0.25, 0.3) is 0 Å². The molecule has 2 unspecified atom stereocenters. The molecule has 0 saturated carbocycles. The molecule has 0 bridgehead atoms. The molecule has 0 aromatic heterocycles. The van der Waals surface area contributed by atoms with Crippen molar-refractivity contribution in [2.45, 2.75) is 24.9 Å². The Bertz CT molecular complexity index is 446. The first-order valence-electron chi connectivity index (χ1n) is 5.98. The van der Waals surface area contributed by atoms with E-state index in [0.29, 0.717) is 19.5 Å². The van der Waals surface area contributed by atoms with E-state index in [1.807, 2.05) is 19.1 Å². The number of carbonyl (C=O) groups is 1. The quantitative estimate of drug-likeness (QED) is 0.743. The minimum absolute atomic E-state index is 0.0929. The van der Waals surface area contributed by atoms with Crippen LogP contribution >= 0.6 is 0 Å². The highest BCUT2D eigenvalue weighted by molar-refractivity contribution is 5.79. The highest BCUT2D eigenvalue weighted by Crippen LogP contribution is 2.29. The van der Waals surface area contributed by atoms with Crippen LogP contribution in [0.3, 0.4) is 0 Å². The van der Waals surface area contributed by atoms with Gasteiger partial charge in [-0.05, 0) is 31.0 Å². The maximum Gasteiger partial charge on any atom is 0.325 e. The molecule has 0 aliphatic carbocycles. The van der Waals surface area contributed by atoms with Gasteiger partial charge >= 0.3 is 5.97 Å². The smallest absolute Gasteiger partial charge is 0.325 e. The zero-order valence-corrected chi connectivity index (χ0v) is 10.3. The van der Waals surface area contributed by atoms with Crippen molar-refractivity contribution < 1.29 is 15.0 Å². The van der Waals surface area contributed by atoms with Gasteiger partial charge < -0.3 is 15.9 Å². The van der Waals surface area contributed by atoms with Gasteiger partial charge in [0.05, 0.1) is 0 Å². The monoisotopic (exact) mass is 250 g/mol. The zero-order valence-electron chi connectivity index (χ0n) is 10.3. The van der Waals surface area contributed by atoms with E-state index in [0.717, 1.165) is 5.56 Å². The third-order valence-corrected chi connectivity index (χ3v) is 3.68. The van der Waals surface area contributed by atoms with Gasteiger partial charge in [0.2, 0.25) is 0 Å². The lowest BCUT2D eigenvalue weighted by Gasteiger charge is -2.26. The van der Waals surface area contributed by atoms with Crippen molar-refractivity contribution >= 4 is 5.97 Å². The van der Waals surface area contributed by atoms with Crippen LogP contribution in [0.25, 0.3) is 0 Å². The predicted molar refractivity (Wildman–Crippen MR) is 67.3 cm³/mol. The summed E-state index contributed by atoms with van der Waals surface area (Å²) in [4.78, 5) is 13.1. The summed E-state index contributed by atoms with van der Waals surface area (Å²) in [6, 6.07) is 7.05. The first kappa shape index (κ1) is 12.9. The maximum atomic E-state index is 11.1. The number of benzene rings is 1. The number of carboxylic acid groups (broad SMARTS) is 1. The van der Waals surface area contributed by atoms with Crippen LogP contribution in [-0.2, 0) is 4.79 Å². The lowest BCUT2D eigenvalue weighted by Crippen LogP contribution is -2.50. The van der Waals surface area contributed by atoms with E-state index in [-0.39, 0.29) is 11.8 Å². The van der Waals surface area contributed by atoms with Crippen molar-refractivity contribution in [2.24, 2.45) is 5.73 Å². The van der Waals surface area contributed by atoms with Crippen molar-refractivity contribution in [3.63, 3.8) is 0 Å². The molecule has 1 fully saturated rings. The Labute approximate surface area is 106 Å². The third kappa shape index (κ3) is 2.32. The van der Waals surface area contributed by atoms with Crippen LogP contribution in [0, 0.1) is 0 Å². The molecule has 2 atom stereocenters. The minimum atomic E-state index is -1.13. The van der Waals surface area contributed by atoms with Crippen LogP contribution in [0.15, 0.2) is 24.3 Å². The van der Waals surface area contributed by atoms with Crippen LogP contribution in [0.4, 0.5) is 0 Å². The van der Waals surface area contributed by atoms with E-state index in [1.54, 1.807) is 12.1 Å². The van der Waals surface area contributed by atoms with Gasteiger partial charge in [0, 0.05) is 19.1 Å². The molecule has 1 aromatic carbocycles. The summed E-state index contributed by atoms with van der Waals surface area (Å²) in [6.45, 7) is 3.04. The number of hydrogen-bond donors (Lipinski definition) is 3. The Morgan fingerprint density at radius 2 is 2.06 bits per heavy atom. The van der Waals surface area contributed by atoms with Crippen LogP contribution < -0.4 is 5.73 Å².